The second kappa shape index (κ2) is 10.9. The lowest BCUT2D eigenvalue weighted by molar-refractivity contribution is -0.383. The zero-order valence-corrected chi connectivity index (χ0v) is 18.7. The van der Waals surface area contributed by atoms with Gasteiger partial charge in [-0.25, -0.2) is 8.78 Å². The SMILES string of the molecule is CNc1ccc(-c2ccc(F)cc2)cc1N.CNc1ccc(-c2ccc(F)cc2)cc1[N+](=O)[O-]. The Morgan fingerprint density at radius 3 is 1.50 bits per heavy atom. The quantitative estimate of drug-likeness (QED) is 0.177. The molecule has 0 spiro atoms. The summed E-state index contributed by atoms with van der Waals surface area (Å²) in [5.41, 5.74) is 11.2. The molecule has 0 aliphatic rings. The number of hydrogen-bond donors (Lipinski definition) is 3. The van der Waals surface area contributed by atoms with Crippen LogP contribution in [0, 0.1) is 21.7 Å². The van der Waals surface area contributed by atoms with E-state index in [2.05, 4.69) is 10.6 Å². The van der Waals surface area contributed by atoms with Crippen LogP contribution < -0.4 is 16.4 Å². The van der Waals surface area contributed by atoms with Crippen LogP contribution >= 0.6 is 0 Å². The summed E-state index contributed by atoms with van der Waals surface area (Å²) in [6.45, 7) is 0. The van der Waals surface area contributed by atoms with Gasteiger partial charge in [-0.2, -0.15) is 0 Å². The summed E-state index contributed by atoms with van der Waals surface area (Å²) in [4.78, 5) is 10.5. The van der Waals surface area contributed by atoms with Gasteiger partial charge < -0.3 is 16.4 Å². The number of anilines is 3. The van der Waals surface area contributed by atoms with E-state index in [1.165, 1.54) is 30.3 Å². The highest BCUT2D eigenvalue weighted by molar-refractivity contribution is 5.76. The summed E-state index contributed by atoms with van der Waals surface area (Å²) in [6.07, 6.45) is 0. The molecule has 0 aliphatic heterocycles. The molecule has 0 aliphatic carbocycles. The molecular formula is C26H24F2N4O2. The van der Waals surface area contributed by atoms with E-state index in [0.717, 1.165) is 22.4 Å². The van der Waals surface area contributed by atoms with Gasteiger partial charge in [0.05, 0.1) is 16.3 Å². The van der Waals surface area contributed by atoms with Crippen molar-refractivity contribution in [2.45, 2.75) is 0 Å². The molecule has 0 aromatic heterocycles. The van der Waals surface area contributed by atoms with Crippen molar-refractivity contribution in [3.8, 4) is 22.3 Å². The summed E-state index contributed by atoms with van der Waals surface area (Å²) in [5, 5.41) is 16.7. The van der Waals surface area contributed by atoms with E-state index >= 15 is 0 Å². The Kier molecular flexibility index (Phi) is 7.76. The van der Waals surface area contributed by atoms with Crippen molar-refractivity contribution in [1.29, 1.82) is 0 Å². The molecular weight excluding hydrogens is 438 g/mol. The van der Waals surface area contributed by atoms with Gasteiger partial charge in [-0.1, -0.05) is 36.4 Å². The first-order valence-electron chi connectivity index (χ1n) is 10.4. The van der Waals surface area contributed by atoms with Crippen LogP contribution in [0.4, 0.5) is 31.5 Å². The standard InChI is InChI=1S/C13H11FN2O2.C13H13FN2/c1-15-12-7-4-10(8-13(12)16(17)18)9-2-5-11(14)6-3-9;1-16-13-7-4-10(8-12(13)15)9-2-5-11(14)6-3-9/h2-8,15H,1H3;2-8,16H,15H2,1H3. The lowest BCUT2D eigenvalue weighted by atomic mass is 10.0. The molecule has 0 saturated heterocycles. The van der Waals surface area contributed by atoms with Gasteiger partial charge in [-0.3, -0.25) is 10.1 Å². The molecule has 0 heterocycles. The Bertz CT molecular complexity index is 1280. The summed E-state index contributed by atoms with van der Waals surface area (Å²) in [6, 6.07) is 22.8. The van der Waals surface area contributed by atoms with E-state index in [1.807, 2.05) is 25.2 Å². The molecule has 34 heavy (non-hydrogen) atoms. The highest BCUT2D eigenvalue weighted by Gasteiger charge is 2.14. The number of nitro benzene ring substituents is 1. The van der Waals surface area contributed by atoms with Gasteiger partial charge in [-0.15, -0.1) is 0 Å². The minimum absolute atomic E-state index is 0.000625. The number of nitrogens with zero attached hydrogens (tertiary/aromatic N) is 1. The van der Waals surface area contributed by atoms with E-state index in [1.54, 1.807) is 43.4 Å². The molecule has 0 unspecified atom stereocenters. The monoisotopic (exact) mass is 462 g/mol. The highest BCUT2D eigenvalue weighted by atomic mass is 19.1. The van der Waals surface area contributed by atoms with Crippen molar-refractivity contribution in [2.24, 2.45) is 0 Å². The van der Waals surface area contributed by atoms with E-state index < -0.39 is 4.92 Å². The van der Waals surface area contributed by atoms with Crippen molar-refractivity contribution in [3.63, 3.8) is 0 Å². The third-order valence-electron chi connectivity index (χ3n) is 5.14. The number of nitro groups is 1. The maximum atomic E-state index is 12.8. The van der Waals surface area contributed by atoms with Gasteiger partial charge >= 0.3 is 0 Å². The zero-order valence-electron chi connectivity index (χ0n) is 18.7. The predicted octanol–water partition coefficient (Wildman–Crippen LogP) is 6.56. The van der Waals surface area contributed by atoms with Crippen molar-refractivity contribution in [1.82, 2.24) is 0 Å². The van der Waals surface area contributed by atoms with Crippen LogP contribution in [0.25, 0.3) is 22.3 Å². The molecule has 0 fully saturated rings. The number of nitrogen functional groups attached to an aromatic ring is 1. The van der Waals surface area contributed by atoms with Crippen molar-refractivity contribution in [2.75, 3.05) is 30.5 Å². The molecule has 0 atom stereocenters. The van der Waals surface area contributed by atoms with E-state index in [-0.39, 0.29) is 17.3 Å². The largest absolute Gasteiger partial charge is 0.397 e. The number of rotatable bonds is 5. The maximum Gasteiger partial charge on any atom is 0.292 e. The third kappa shape index (κ3) is 5.86. The smallest absolute Gasteiger partial charge is 0.292 e. The average molecular weight is 463 g/mol. The Morgan fingerprint density at radius 2 is 1.09 bits per heavy atom. The molecule has 8 heteroatoms. The number of nitrogens with one attached hydrogen (secondary N) is 2. The second-order valence-electron chi connectivity index (χ2n) is 7.30. The van der Waals surface area contributed by atoms with Crippen molar-refractivity contribution < 1.29 is 13.7 Å². The number of benzene rings is 4. The number of hydrogen-bond acceptors (Lipinski definition) is 5. The summed E-state index contributed by atoms with van der Waals surface area (Å²) < 4.78 is 25.6. The number of halogens is 2. The molecule has 0 bridgehead atoms. The van der Waals surface area contributed by atoms with Gasteiger partial charge in [0, 0.05) is 20.2 Å². The molecule has 4 rings (SSSR count). The zero-order chi connectivity index (χ0) is 24.7. The van der Waals surface area contributed by atoms with E-state index in [4.69, 9.17) is 5.73 Å². The van der Waals surface area contributed by atoms with Gasteiger partial charge in [0.15, 0.2) is 0 Å². The molecule has 6 nitrogen and oxygen atoms in total. The van der Waals surface area contributed by atoms with E-state index in [0.29, 0.717) is 16.9 Å². The van der Waals surface area contributed by atoms with Crippen LogP contribution in [-0.2, 0) is 0 Å². The number of nitrogens with two attached hydrogens (primary N) is 1. The molecule has 4 N–H and O–H groups in total. The van der Waals surface area contributed by atoms with Crippen LogP contribution in [0.15, 0.2) is 84.9 Å². The second-order valence-corrected chi connectivity index (χ2v) is 7.30. The molecule has 0 amide bonds. The maximum absolute atomic E-state index is 12.8. The Labute approximate surface area is 196 Å². The average Bonchev–Trinajstić information content (AvgIpc) is 2.85. The highest BCUT2D eigenvalue weighted by Crippen LogP contribution is 2.30. The van der Waals surface area contributed by atoms with Gasteiger partial charge in [0.25, 0.3) is 5.69 Å². The molecule has 174 valence electrons. The lowest BCUT2D eigenvalue weighted by Gasteiger charge is -2.07. The summed E-state index contributed by atoms with van der Waals surface area (Å²) >= 11 is 0. The van der Waals surface area contributed by atoms with Crippen molar-refractivity contribution in [3.05, 3.63) is 107 Å². The first-order valence-corrected chi connectivity index (χ1v) is 10.4. The molecule has 4 aromatic carbocycles. The van der Waals surface area contributed by atoms with Gasteiger partial charge in [0.1, 0.15) is 17.3 Å². The Hall–Kier alpha value is -4.46. The fraction of sp³-hybridized carbons (Fsp3) is 0.0769. The lowest BCUT2D eigenvalue weighted by Crippen LogP contribution is -1.96. The minimum Gasteiger partial charge on any atom is -0.397 e. The minimum atomic E-state index is -0.446. The normalized spacial score (nSPS) is 10.1. The van der Waals surface area contributed by atoms with Crippen molar-refractivity contribution >= 4 is 22.7 Å². The fourth-order valence-electron chi connectivity index (χ4n) is 3.33. The van der Waals surface area contributed by atoms with Crippen LogP contribution in [0.5, 0.6) is 0 Å². The van der Waals surface area contributed by atoms with Crippen LogP contribution in [-0.4, -0.2) is 19.0 Å². The van der Waals surface area contributed by atoms with Crippen LogP contribution in [0.1, 0.15) is 0 Å². The topological polar surface area (TPSA) is 93.2 Å². The van der Waals surface area contributed by atoms with Gasteiger partial charge in [0.2, 0.25) is 0 Å². The third-order valence-corrected chi connectivity index (χ3v) is 5.14. The molecule has 0 radical (unpaired) electrons. The molecule has 0 saturated carbocycles. The predicted molar refractivity (Wildman–Crippen MR) is 134 cm³/mol. The molecule has 4 aromatic rings. The first-order chi connectivity index (χ1) is 16.3. The van der Waals surface area contributed by atoms with Crippen LogP contribution in [0.2, 0.25) is 0 Å². The first kappa shape index (κ1) is 24.2. The summed E-state index contributed by atoms with van der Waals surface area (Å²) in [7, 11) is 3.45. The summed E-state index contributed by atoms with van der Waals surface area (Å²) in [5.74, 6) is -0.566. The van der Waals surface area contributed by atoms with Gasteiger partial charge in [-0.05, 0) is 64.7 Å². The van der Waals surface area contributed by atoms with Crippen LogP contribution in [0.3, 0.4) is 0 Å². The Balaban J connectivity index is 0.000000192. The van der Waals surface area contributed by atoms with E-state index in [9.17, 15) is 18.9 Å². The Morgan fingerprint density at radius 1 is 0.676 bits per heavy atom. The fourth-order valence-corrected chi connectivity index (χ4v) is 3.33.